The van der Waals surface area contributed by atoms with Crippen LogP contribution in [0.15, 0.2) is 52.4 Å². The van der Waals surface area contributed by atoms with Gasteiger partial charge in [-0.15, -0.1) is 0 Å². The van der Waals surface area contributed by atoms with E-state index in [2.05, 4.69) is 17.5 Å². The molecular formula is C24H27N3O5. The molecule has 2 aromatic carbocycles. The van der Waals surface area contributed by atoms with E-state index in [1.54, 1.807) is 36.4 Å². The number of fused-ring (bicyclic) bond motifs is 1. The number of aromatic nitrogens is 1. The van der Waals surface area contributed by atoms with E-state index in [1.165, 1.54) is 24.0 Å². The molecule has 0 fully saturated rings. The van der Waals surface area contributed by atoms with Gasteiger partial charge in [-0.05, 0) is 42.3 Å². The Morgan fingerprint density at radius 2 is 1.94 bits per heavy atom. The second kappa shape index (κ2) is 10.5. The third kappa shape index (κ3) is 4.91. The fourth-order valence-corrected chi connectivity index (χ4v) is 3.51. The molecule has 0 atom stereocenters. The number of carbonyl (C=O) groups is 1. The number of hydrogen-bond acceptors (Lipinski definition) is 6. The lowest BCUT2D eigenvalue weighted by Crippen LogP contribution is -2.31. The predicted octanol–water partition coefficient (Wildman–Crippen LogP) is 3.77. The summed E-state index contributed by atoms with van der Waals surface area (Å²) in [6.07, 6.45) is 5.25. The molecular weight excluding hydrogens is 410 g/mol. The van der Waals surface area contributed by atoms with Crippen molar-refractivity contribution in [2.75, 3.05) is 7.11 Å². The minimum absolute atomic E-state index is 0.0192. The molecule has 8 heteroatoms. The summed E-state index contributed by atoms with van der Waals surface area (Å²) in [7, 11) is 1.42. The number of nitrogens with one attached hydrogen (secondary N) is 1. The summed E-state index contributed by atoms with van der Waals surface area (Å²) in [6, 6.07) is 11.5. The highest BCUT2D eigenvalue weighted by Crippen LogP contribution is 2.27. The number of rotatable bonds is 9. The first-order valence-electron chi connectivity index (χ1n) is 10.5. The van der Waals surface area contributed by atoms with Gasteiger partial charge in [0.25, 0.3) is 11.5 Å². The van der Waals surface area contributed by atoms with Crippen LogP contribution in [0.3, 0.4) is 0 Å². The maximum atomic E-state index is 13.1. The Balaban J connectivity index is 1.90. The first-order chi connectivity index (χ1) is 15.5. The molecule has 8 nitrogen and oxygen atoms in total. The third-order valence-corrected chi connectivity index (χ3v) is 5.19. The fraction of sp³-hybridized carbons (Fsp3) is 0.292. The third-order valence-electron chi connectivity index (χ3n) is 5.19. The van der Waals surface area contributed by atoms with Crippen molar-refractivity contribution in [3.63, 3.8) is 0 Å². The highest BCUT2D eigenvalue weighted by atomic mass is 16.5. The van der Waals surface area contributed by atoms with Crippen LogP contribution in [0.1, 0.15) is 48.5 Å². The number of para-hydroxylation sites is 1. The number of phenolic OH excluding ortho intramolecular Hbond substituents is 1. The average molecular weight is 437 g/mol. The number of pyridine rings is 1. The molecule has 0 aliphatic rings. The number of unbranched alkanes of at least 4 members (excludes halogenated alkanes) is 3. The Bertz CT molecular complexity index is 1200. The molecule has 0 saturated carbocycles. The lowest BCUT2D eigenvalue weighted by Gasteiger charge is -2.14. The normalized spacial score (nSPS) is 11.2. The van der Waals surface area contributed by atoms with E-state index < -0.39 is 11.5 Å². The number of hydrogen-bond donors (Lipinski definition) is 3. The number of phenols is 1. The van der Waals surface area contributed by atoms with E-state index in [0.717, 1.165) is 25.7 Å². The van der Waals surface area contributed by atoms with Crippen LogP contribution in [0, 0.1) is 0 Å². The Labute approximate surface area is 185 Å². The van der Waals surface area contributed by atoms with Crippen molar-refractivity contribution < 1.29 is 19.7 Å². The molecule has 0 bridgehead atoms. The van der Waals surface area contributed by atoms with Gasteiger partial charge in [0.05, 0.1) is 18.8 Å². The van der Waals surface area contributed by atoms with Crippen LogP contribution in [0.2, 0.25) is 0 Å². The van der Waals surface area contributed by atoms with Gasteiger partial charge in [-0.25, -0.2) is 5.43 Å². The lowest BCUT2D eigenvalue weighted by atomic mass is 10.1. The minimum atomic E-state index is -0.803. The standard InChI is InChI=1S/C24H27N3O5/c1-3-4-5-8-13-27-18-10-7-6-9-17(18)22(29)21(24(27)31)23(30)26-25-15-16-11-12-19(28)20(14-16)32-2/h6-7,9-12,14-15,28-29H,3-5,8,13H2,1-2H3,(H,26,30). The van der Waals surface area contributed by atoms with E-state index in [-0.39, 0.29) is 22.8 Å². The molecule has 0 radical (unpaired) electrons. The molecule has 3 aromatic rings. The SMILES string of the molecule is CCCCCCn1c(=O)c(C(=O)NN=Cc2ccc(O)c(OC)c2)c(O)c2ccccc21. The van der Waals surface area contributed by atoms with Gasteiger partial charge in [0.15, 0.2) is 11.5 Å². The van der Waals surface area contributed by atoms with E-state index in [0.29, 0.717) is 23.0 Å². The Kier molecular flexibility index (Phi) is 7.49. The van der Waals surface area contributed by atoms with E-state index in [4.69, 9.17) is 4.74 Å². The number of amides is 1. The number of aromatic hydroxyl groups is 2. The van der Waals surface area contributed by atoms with Gasteiger partial charge >= 0.3 is 0 Å². The molecule has 0 aliphatic carbocycles. The number of nitrogens with zero attached hydrogens (tertiary/aromatic N) is 2. The largest absolute Gasteiger partial charge is 0.506 e. The number of methoxy groups -OCH3 is 1. The van der Waals surface area contributed by atoms with Crippen molar-refractivity contribution in [1.29, 1.82) is 0 Å². The van der Waals surface area contributed by atoms with Crippen molar-refractivity contribution in [3.8, 4) is 17.2 Å². The number of aryl methyl sites for hydroxylation is 1. The van der Waals surface area contributed by atoms with Gasteiger partial charge in [-0.1, -0.05) is 38.3 Å². The van der Waals surface area contributed by atoms with E-state index in [9.17, 15) is 19.8 Å². The molecule has 0 aliphatic heterocycles. The monoisotopic (exact) mass is 437 g/mol. The Morgan fingerprint density at radius 3 is 2.69 bits per heavy atom. The molecule has 168 valence electrons. The van der Waals surface area contributed by atoms with Crippen LogP contribution < -0.4 is 15.7 Å². The second-order valence-corrected chi connectivity index (χ2v) is 7.39. The van der Waals surface area contributed by atoms with Crippen molar-refractivity contribution in [1.82, 2.24) is 9.99 Å². The van der Waals surface area contributed by atoms with Crippen LogP contribution in [0.5, 0.6) is 17.2 Å². The Morgan fingerprint density at radius 1 is 1.16 bits per heavy atom. The smallest absolute Gasteiger partial charge is 0.280 e. The quantitative estimate of drug-likeness (QED) is 0.268. The van der Waals surface area contributed by atoms with Gasteiger partial charge in [0.2, 0.25) is 0 Å². The summed E-state index contributed by atoms with van der Waals surface area (Å²) in [5.74, 6) is -0.926. The highest BCUT2D eigenvalue weighted by molar-refractivity contribution is 6.02. The molecule has 0 saturated heterocycles. The molecule has 1 aromatic heterocycles. The van der Waals surface area contributed by atoms with E-state index >= 15 is 0 Å². The number of benzene rings is 2. The number of hydrazone groups is 1. The highest BCUT2D eigenvalue weighted by Gasteiger charge is 2.21. The molecule has 32 heavy (non-hydrogen) atoms. The first-order valence-corrected chi connectivity index (χ1v) is 10.5. The molecule has 1 amide bonds. The van der Waals surface area contributed by atoms with Gasteiger partial charge in [0, 0.05) is 11.9 Å². The molecule has 0 spiro atoms. The van der Waals surface area contributed by atoms with Crippen LogP contribution in [-0.2, 0) is 6.54 Å². The molecule has 0 unspecified atom stereocenters. The average Bonchev–Trinajstić information content (AvgIpc) is 2.79. The summed E-state index contributed by atoms with van der Waals surface area (Å²) in [5, 5.41) is 24.6. The molecule has 1 heterocycles. The zero-order valence-electron chi connectivity index (χ0n) is 18.2. The maximum absolute atomic E-state index is 13.1. The number of ether oxygens (including phenoxy) is 1. The molecule has 3 N–H and O–H groups in total. The Hall–Kier alpha value is -3.81. The van der Waals surface area contributed by atoms with Crippen molar-refractivity contribution in [2.45, 2.75) is 39.2 Å². The van der Waals surface area contributed by atoms with Crippen LogP contribution in [0.4, 0.5) is 0 Å². The van der Waals surface area contributed by atoms with Gasteiger partial charge in [0.1, 0.15) is 11.3 Å². The van der Waals surface area contributed by atoms with Crippen LogP contribution in [-0.4, -0.2) is 34.0 Å². The van der Waals surface area contributed by atoms with Gasteiger partial charge in [-0.3, -0.25) is 9.59 Å². The van der Waals surface area contributed by atoms with E-state index in [1.807, 2.05) is 0 Å². The molecule has 3 rings (SSSR count). The topological polar surface area (TPSA) is 113 Å². The van der Waals surface area contributed by atoms with Crippen molar-refractivity contribution in [2.24, 2.45) is 5.10 Å². The minimum Gasteiger partial charge on any atom is -0.506 e. The van der Waals surface area contributed by atoms with Gasteiger partial charge in [-0.2, -0.15) is 5.10 Å². The first kappa shape index (κ1) is 22.9. The summed E-state index contributed by atoms with van der Waals surface area (Å²) >= 11 is 0. The fourth-order valence-electron chi connectivity index (χ4n) is 3.51. The van der Waals surface area contributed by atoms with Gasteiger partial charge < -0.3 is 19.5 Å². The zero-order chi connectivity index (χ0) is 23.1. The summed E-state index contributed by atoms with van der Waals surface area (Å²) < 4.78 is 6.58. The predicted molar refractivity (Wildman–Crippen MR) is 124 cm³/mol. The zero-order valence-corrected chi connectivity index (χ0v) is 18.2. The van der Waals surface area contributed by atoms with Crippen molar-refractivity contribution >= 4 is 23.0 Å². The van der Waals surface area contributed by atoms with Crippen LogP contribution >= 0.6 is 0 Å². The summed E-state index contributed by atoms with van der Waals surface area (Å²) in [5.41, 5.74) is 2.55. The van der Waals surface area contributed by atoms with Crippen molar-refractivity contribution in [3.05, 3.63) is 63.9 Å². The lowest BCUT2D eigenvalue weighted by molar-refractivity contribution is 0.0950. The maximum Gasteiger partial charge on any atom is 0.280 e. The van der Waals surface area contributed by atoms with Crippen LogP contribution in [0.25, 0.3) is 10.9 Å². The second-order valence-electron chi connectivity index (χ2n) is 7.39. The summed E-state index contributed by atoms with van der Waals surface area (Å²) in [6.45, 7) is 2.57. The summed E-state index contributed by atoms with van der Waals surface area (Å²) in [4.78, 5) is 25.9. The number of carbonyl (C=O) groups excluding carboxylic acids is 1.